The predicted molar refractivity (Wildman–Crippen MR) is 86.1 cm³/mol. The van der Waals surface area contributed by atoms with Crippen molar-refractivity contribution in [3.63, 3.8) is 0 Å². The molecule has 0 bridgehead atoms. The molecule has 0 saturated carbocycles. The molecule has 2 aromatic rings. The molecule has 1 amide bonds. The number of sulfonamides is 1. The number of pyridine rings is 2. The Kier molecular flexibility index (Phi) is 5.69. The van der Waals surface area contributed by atoms with Gasteiger partial charge in [-0.05, 0) is 25.1 Å². The molecule has 2 aromatic heterocycles. The van der Waals surface area contributed by atoms with Crippen molar-refractivity contribution in [3.8, 4) is 5.88 Å². The summed E-state index contributed by atoms with van der Waals surface area (Å²) < 4.78 is 33.0. The molecule has 2 heterocycles. The Hall–Kier alpha value is -2.68. The predicted octanol–water partition coefficient (Wildman–Crippen LogP) is 0.537. The minimum Gasteiger partial charge on any atom is -0.477 e. The summed E-state index contributed by atoms with van der Waals surface area (Å²) in [6, 6.07) is 7.33. The van der Waals surface area contributed by atoms with Crippen LogP contribution in [0.2, 0.25) is 0 Å². The summed E-state index contributed by atoms with van der Waals surface area (Å²) >= 11 is 0. The van der Waals surface area contributed by atoms with Crippen molar-refractivity contribution in [2.45, 2.75) is 24.8 Å². The third-order valence-corrected chi connectivity index (χ3v) is 4.42. The van der Waals surface area contributed by atoms with Gasteiger partial charge in [0.25, 0.3) is 15.6 Å². The van der Waals surface area contributed by atoms with Gasteiger partial charge < -0.3 is 9.30 Å². The van der Waals surface area contributed by atoms with Gasteiger partial charge in [0.05, 0.1) is 6.61 Å². The van der Waals surface area contributed by atoms with E-state index in [1.807, 2.05) is 4.72 Å². The molecule has 2 rings (SSSR count). The van der Waals surface area contributed by atoms with E-state index in [2.05, 4.69) is 4.98 Å². The van der Waals surface area contributed by atoms with Crippen LogP contribution < -0.4 is 15.0 Å². The lowest BCUT2D eigenvalue weighted by Gasteiger charge is -2.11. The molecule has 0 unspecified atom stereocenters. The number of ether oxygens (including phenoxy) is 1. The van der Waals surface area contributed by atoms with E-state index in [1.54, 1.807) is 19.1 Å². The molecule has 24 heavy (non-hydrogen) atoms. The number of carbonyl (C=O) groups excluding carboxylic acids is 1. The molecule has 0 aliphatic heterocycles. The molecule has 0 fully saturated rings. The Bertz CT molecular complexity index is 876. The van der Waals surface area contributed by atoms with Crippen molar-refractivity contribution < 1.29 is 17.9 Å². The number of nitrogens with zero attached hydrogens (tertiary/aromatic N) is 2. The van der Waals surface area contributed by atoms with E-state index in [4.69, 9.17) is 4.74 Å². The number of carbonyl (C=O) groups is 1. The van der Waals surface area contributed by atoms with Crippen molar-refractivity contribution in [2.24, 2.45) is 0 Å². The highest BCUT2D eigenvalue weighted by molar-refractivity contribution is 7.90. The second kappa shape index (κ2) is 7.73. The Morgan fingerprint density at radius 3 is 2.79 bits per heavy atom. The maximum absolute atomic E-state index is 12.3. The molecule has 9 heteroatoms. The lowest BCUT2D eigenvalue weighted by atomic mass is 10.4. The molecule has 0 atom stereocenters. The van der Waals surface area contributed by atoms with Gasteiger partial charge in [-0.3, -0.25) is 9.59 Å². The van der Waals surface area contributed by atoms with E-state index < -0.39 is 15.9 Å². The maximum atomic E-state index is 12.3. The second-order valence-electron chi connectivity index (χ2n) is 4.75. The lowest BCUT2D eigenvalue weighted by Crippen LogP contribution is -2.32. The molecule has 0 saturated heterocycles. The molecule has 0 aromatic carbocycles. The average Bonchev–Trinajstić information content (AvgIpc) is 2.54. The molecule has 1 N–H and O–H groups in total. The van der Waals surface area contributed by atoms with Gasteiger partial charge in [-0.25, -0.2) is 18.1 Å². The Morgan fingerprint density at radius 1 is 1.29 bits per heavy atom. The highest BCUT2D eigenvalue weighted by atomic mass is 32.2. The first-order valence-electron chi connectivity index (χ1n) is 7.23. The minimum absolute atomic E-state index is 0.0698. The molecular formula is C15H17N3O5S. The third kappa shape index (κ3) is 4.42. The van der Waals surface area contributed by atoms with Gasteiger partial charge in [0.15, 0.2) is 0 Å². The molecule has 0 aliphatic carbocycles. The summed E-state index contributed by atoms with van der Waals surface area (Å²) in [6.07, 6.45) is 2.76. The topological polar surface area (TPSA) is 107 Å². The van der Waals surface area contributed by atoms with Gasteiger partial charge in [0, 0.05) is 31.4 Å². The standard InChI is InChI=1S/C15H17N3O5S/c1-2-23-15-12(6-5-9-16-15)24(21,22)17-13(19)8-11-18-10-4-3-7-14(18)20/h3-7,9-10H,2,8,11H2,1H3,(H,17,19). The molecule has 0 spiro atoms. The second-order valence-corrected chi connectivity index (χ2v) is 6.40. The van der Waals surface area contributed by atoms with E-state index in [-0.39, 0.29) is 35.9 Å². The van der Waals surface area contributed by atoms with Crippen LogP contribution in [-0.2, 0) is 21.4 Å². The number of amides is 1. The van der Waals surface area contributed by atoms with Gasteiger partial charge in [0.2, 0.25) is 11.8 Å². The summed E-state index contributed by atoms with van der Waals surface area (Å²) in [6.45, 7) is 2.01. The molecular weight excluding hydrogens is 334 g/mol. The van der Waals surface area contributed by atoms with Gasteiger partial charge >= 0.3 is 0 Å². The van der Waals surface area contributed by atoms with Crippen molar-refractivity contribution >= 4 is 15.9 Å². The van der Waals surface area contributed by atoms with E-state index in [1.165, 1.54) is 35.2 Å². The quantitative estimate of drug-likeness (QED) is 0.780. The fourth-order valence-electron chi connectivity index (χ4n) is 1.95. The number of aryl methyl sites for hydroxylation is 1. The van der Waals surface area contributed by atoms with E-state index in [9.17, 15) is 18.0 Å². The Morgan fingerprint density at radius 2 is 2.08 bits per heavy atom. The number of nitrogens with one attached hydrogen (secondary N) is 1. The van der Waals surface area contributed by atoms with Gasteiger partial charge in [-0.2, -0.15) is 0 Å². The first kappa shape index (κ1) is 17.7. The smallest absolute Gasteiger partial charge is 0.269 e. The summed E-state index contributed by atoms with van der Waals surface area (Å²) in [5, 5.41) is 0. The van der Waals surface area contributed by atoms with Gasteiger partial charge in [-0.1, -0.05) is 6.07 Å². The van der Waals surface area contributed by atoms with Crippen LogP contribution in [0.3, 0.4) is 0 Å². The molecule has 0 radical (unpaired) electrons. The van der Waals surface area contributed by atoms with Crippen LogP contribution in [0.15, 0.2) is 52.4 Å². The Balaban J connectivity index is 2.08. The fourth-order valence-corrected chi connectivity index (χ4v) is 3.06. The van der Waals surface area contributed by atoms with Crippen LogP contribution in [0, 0.1) is 0 Å². The van der Waals surface area contributed by atoms with Crippen molar-refractivity contribution in [3.05, 3.63) is 53.1 Å². The van der Waals surface area contributed by atoms with Crippen LogP contribution in [0.4, 0.5) is 0 Å². The summed E-state index contributed by atoms with van der Waals surface area (Å²) in [5.74, 6) is -0.795. The van der Waals surface area contributed by atoms with Crippen LogP contribution in [-0.4, -0.2) is 30.5 Å². The summed E-state index contributed by atoms with van der Waals surface area (Å²) in [4.78, 5) is 27.1. The lowest BCUT2D eigenvalue weighted by molar-refractivity contribution is -0.119. The van der Waals surface area contributed by atoms with Gasteiger partial charge in [-0.15, -0.1) is 0 Å². The van der Waals surface area contributed by atoms with Crippen molar-refractivity contribution in [1.82, 2.24) is 14.3 Å². The Labute approximate surface area is 139 Å². The van der Waals surface area contributed by atoms with Crippen molar-refractivity contribution in [1.29, 1.82) is 0 Å². The number of hydrogen-bond acceptors (Lipinski definition) is 6. The van der Waals surface area contributed by atoms with Crippen LogP contribution in [0.5, 0.6) is 5.88 Å². The van der Waals surface area contributed by atoms with E-state index in [0.29, 0.717) is 0 Å². The number of rotatable bonds is 7. The zero-order valence-electron chi connectivity index (χ0n) is 13.0. The highest BCUT2D eigenvalue weighted by Gasteiger charge is 2.22. The first-order chi connectivity index (χ1) is 11.4. The zero-order chi connectivity index (χ0) is 17.6. The van der Waals surface area contributed by atoms with Crippen LogP contribution in [0.1, 0.15) is 13.3 Å². The molecule has 128 valence electrons. The monoisotopic (exact) mass is 351 g/mol. The van der Waals surface area contributed by atoms with Crippen LogP contribution in [0.25, 0.3) is 0 Å². The normalized spacial score (nSPS) is 11.0. The largest absolute Gasteiger partial charge is 0.477 e. The third-order valence-electron chi connectivity index (χ3n) is 3.03. The number of aromatic nitrogens is 2. The number of hydrogen-bond donors (Lipinski definition) is 1. The maximum Gasteiger partial charge on any atom is 0.269 e. The molecule has 0 aliphatic rings. The SMILES string of the molecule is CCOc1ncccc1S(=O)(=O)NC(=O)CCn1ccccc1=O. The minimum atomic E-state index is -4.10. The van der Waals surface area contributed by atoms with Crippen LogP contribution >= 0.6 is 0 Å². The van der Waals surface area contributed by atoms with Gasteiger partial charge in [0.1, 0.15) is 4.90 Å². The fraction of sp³-hybridized carbons (Fsp3) is 0.267. The first-order valence-corrected chi connectivity index (χ1v) is 8.71. The molecule has 8 nitrogen and oxygen atoms in total. The summed E-state index contributed by atoms with van der Waals surface area (Å²) in [7, 11) is -4.10. The summed E-state index contributed by atoms with van der Waals surface area (Å²) in [5.41, 5.74) is -0.265. The van der Waals surface area contributed by atoms with Crippen molar-refractivity contribution in [2.75, 3.05) is 6.61 Å². The average molecular weight is 351 g/mol. The van der Waals surface area contributed by atoms with E-state index >= 15 is 0 Å². The van der Waals surface area contributed by atoms with E-state index in [0.717, 1.165) is 0 Å². The zero-order valence-corrected chi connectivity index (χ0v) is 13.8. The highest BCUT2D eigenvalue weighted by Crippen LogP contribution is 2.20.